The van der Waals surface area contributed by atoms with Crippen LogP contribution in [0.3, 0.4) is 0 Å². The largest absolute Gasteiger partial charge is 0.478 e. The lowest BCUT2D eigenvalue weighted by Crippen LogP contribution is -2.36. The molecule has 1 heterocycles. The van der Waals surface area contributed by atoms with Crippen LogP contribution in [0.5, 0.6) is 0 Å². The quantitative estimate of drug-likeness (QED) is 0.629. The van der Waals surface area contributed by atoms with Crippen molar-refractivity contribution in [3.05, 3.63) is 12.7 Å². The zero-order valence-corrected chi connectivity index (χ0v) is 11.8. The fraction of sp³-hybridized carbons (Fsp3) is 0.800. The average molecular weight is 237 g/mol. The van der Waals surface area contributed by atoms with Crippen molar-refractivity contribution in [1.82, 2.24) is 0 Å². The van der Waals surface area contributed by atoms with E-state index < -0.39 is 0 Å². The molecule has 98 valence electrons. The minimum Gasteiger partial charge on any atom is -0.478 e. The van der Waals surface area contributed by atoms with Gasteiger partial charge in [0, 0.05) is 12.3 Å². The fourth-order valence-corrected chi connectivity index (χ4v) is 2.50. The summed E-state index contributed by atoms with van der Waals surface area (Å²) in [6.45, 7) is 12.6. The van der Waals surface area contributed by atoms with Gasteiger partial charge in [-0.1, -0.05) is 25.8 Å². The van der Waals surface area contributed by atoms with Gasteiger partial charge in [-0.3, -0.25) is 0 Å². The third-order valence-electron chi connectivity index (χ3n) is 3.23. The summed E-state index contributed by atoms with van der Waals surface area (Å²) in [5.74, 6) is 1.39. The molecule has 2 nitrogen and oxygen atoms in total. The van der Waals surface area contributed by atoms with Crippen molar-refractivity contribution >= 4 is 5.90 Å². The van der Waals surface area contributed by atoms with Crippen molar-refractivity contribution in [2.24, 2.45) is 10.9 Å². The first-order chi connectivity index (χ1) is 7.98. The van der Waals surface area contributed by atoms with E-state index >= 15 is 0 Å². The Morgan fingerprint density at radius 2 is 2.29 bits per heavy atom. The maximum Gasteiger partial charge on any atom is 0.187 e. The zero-order chi connectivity index (χ0) is 12.9. The van der Waals surface area contributed by atoms with Crippen LogP contribution in [0.2, 0.25) is 0 Å². The van der Waals surface area contributed by atoms with Crippen LogP contribution in [-0.4, -0.2) is 17.5 Å². The van der Waals surface area contributed by atoms with Gasteiger partial charge in [0.1, 0.15) is 0 Å². The Balaban J connectivity index is 2.77. The predicted molar refractivity (Wildman–Crippen MR) is 74.5 cm³/mol. The summed E-state index contributed by atoms with van der Waals surface area (Å²) >= 11 is 0. The number of unbranched alkanes of at least 4 members (excludes halogenated alkanes) is 1. The zero-order valence-electron chi connectivity index (χ0n) is 11.8. The molecule has 0 aromatic heterocycles. The maximum atomic E-state index is 5.94. The summed E-state index contributed by atoms with van der Waals surface area (Å²) in [6, 6.07) is 0. The number of ether oxygens (including phenoxy) is 1. The number of allylic oxidation sites excluding steroid dienone is 1. The second-order valence-corrected chi connectivity index (χ2v) is 5.76. The molecule has 0 aliphatic carbocycles. The molecule has 17 heavy (non-hydrogen) atoms. The van der Waals surface area contributed by atoms with E-state index in [1.165, 1.54) is 12.8 Å². The molecule has 2 unspecified atom stereocenters. The minimum atomic E-state index is 0.0264. The Kier molecular flexibility index (Phi) is 5.23. The number of hydrogen-bond acceptors (Lipinski definition) is 2. The van der Waals surface area contributed by atoms with Gasteiger partial charge >= 0.3 is 0 Å². The van der Waals surface area contributed by atoms with Gasteiger partial charge in [-0.2, -0.15) is 0 Å². The van der Waals surface area contributed by atoms with Crippen LogP contribution in [0.25, 0.3) is 0 Å². The highest BCUT2D eigenvalue weighted by atomic mass is 16.5. The van der Waals surface area contributed by atoms with Gasteiger partial charge in [-0.05, 0) is 33.6 Å². The highest BCUT2D eigenvalue weighted by Gasteiger charge is 2.30. The second kappa shape index (κ2) is 6.23. The van der Waals surface area contributed by atoms with Crippen LogP contribution in [-0.2, 0) is 4.74 Å². The molecule has 1 aliphatic rings. The summed E-state index contributed by atoms with van der Waals surface area (Å²) in [5, 5.41) is 0. The summed E-state index contributed by atoms with van der Waals surface area (Å²) in [6.07, 6.45) is 7.86. The highest BCUT2D eigenvalue weighted by Crippen LogP contribution is 2.28. The lowest BCUT2D eigenvalue weighted by atomic mass is 9.93. The smallest absolute Gasteiger partial charge is 0.187 e. The van der Waals surface area contributed by atoms with Gasteiger partial charge in [-0.15, -0.1) is 6.58 Å². The van der Waals surface area contributed by atoms with Crippen LogP contribution in [0.1, 0.15) is 59.8 Å². The average Bonchev–Trinajstić information content (AvgIpc) is 2.21. The maximum absolute atomic E-state index is 5.94. The molecule has 1 rings (SSSR count). The van der Waals surface area contributed by atoms with E-state index in [2.05, 4.69) is 34.3 Å². The lowest BCUT2D eigenvalue weighted by molar-refractivity contribution is 0.130. The Hall–Kier alpha value is -0.790. The number of aliphatic imine (C=N–C) groups is 1. The van der Waals surface area contributed by atoms with Gasteiger partial charge in [0.05, 0.1) is 11.6 Å². The Morgan fingerprint density at radius 3 is 2.82 bits per heavy atom. The van der Waals surface area contributed by atoms with E-state index in [-0.39, 0.29) is 11.6 Å². The van der Waals surface area contributed by atoms with E-state index in [1.54, 1.807) is 0 Å². The van der Waals surface area contributed by atoms with Crippen molar-refractivity contribution in [3.8, 4) is 0 Å². The fourth-order valence-electron chi connectivity index (χ4n) is 2.50. The standard InChI is InChI=1S/C15H27NO/c1-6-8-10-13(9-7-2)14-16-15(4,5)11-12(3)17-14/h7,12-13H,2,6,8-11H2,1,3-5H3. The van der Waals surface area contributed by atoms with Crippen LogP contribution in [0.15, 0.2) is 17.6 Å². The molecule has 0 bridgehead atoms. The number of nitrogens with zero attached hydrogens (tertiary/aromatic N) is 1. The molecule has 0 radical (unpaired) electrons. The minimum absolute atomic E-state index is 0.0264. The topological polar surface area (TPSA) is 21.6 Å². The molecule has 1 aliphatic heterocycles. The first kappa shape index (κ1) is 14.3. The molecule has 0 saturated heterocycles. The van der Waals surface area contributed by atoms with Crippen LogP contribution in [0.4, 0.5) is 0 Å². The number of rotatable bonds is 6. The van der Waals surface area contributed by atoms with Crippen molar-refractivity contribution in [2.45, 2.75) is 71.4 Å². The van der Waals surface area contributed by atoms with E-state index in [9.17, 15) is 0 Å². The third-order valence-corrected chi connectivity index (χ3v) is 3.23. The van der Waals surface area contributed by atoms with Gasteiger partial charge < -0.3 is 4.74 Å². The molecule has 0 spiro atoms. The summed E-state index contributed by atoms with van der Waals surface area (Å²) < 4.78 is 5.94. The summed E-state index contributed by atoms with van der Waals surface area (Å²) in [4.78, 5) is 4.78. The SMILES string of the molecule is C=CCC(CCCC)C1=NC(C)(C)CC(C)O1. The Bertz CT molecular complexity index is 281. The van der Waals surface area contributed by atoms with E-state index in [0.717, 1.165) is 25.2 Å². The highest BCUT2D eigenvalue weighted by molar-refractivity contribution is 5.80. The molecular weight excluding hydrogens is 210 g/mol. The molecule has 0 aromatic rings. The number of hydrogen-bond donors (Lipinski definition) is 0. The second-order valence-electron chi connectivity index (χ2n) is 5.76. The summed E-state index contributed by atoms with van der Waals surface area (Å²) in [5.41, 5.74) is 0.0264. The van der Waals surface area contributed by atoms with E-state index in [4.69, 9.17) is 9.73 Å². The predicted octanol–water partition coefficient (Wildman–Crippen LogP) is 4.35. The van der Waals surface area contributed by atoms with Crippen molar-refractivity contribution in [2.75, 3.05) is 0 Å². The monoisotopic (exact) mass is 237 g/mol. The van der Waals surface area contributed by atoms with Crippen LogP contribution in [0, 0.1) is 5.92 Å². The van der Waals surface area contributed by atoms with Gasteiger partial charge in [0.2, 0.25) is 0 Å². The van der Waals surface area contributed by atoms with E-state index in [1.807, 2.05) is 6.08 Å². The molecule has 2 heteroatoms. The van der Waals surface area contributed by atoms with Gasteiger partial charge in [0.25, 0.3) is 0 Å². The van der Waals surface area contributed by atoms with Crippen LogP contribution < -0.4 is 0 Å². The Labute approximate surface area is 106 Å². The third kappa shape index (κ3) is 4.53. The molecule has 0 fully saturated rings. The molecule has 0 aromatic carbocycles. The molecule has 0 saturated carbocycles. The molecule has 0 N–H and O–H groups in total. The Morgan fingerprint density at radius 1 is 1.59 bits per heavy atom. The van der Waals surface area contributed by atoms with Gasteiger partial charge in [0.15, 0.2) is 5.90 Å². The van der Waals surface area contributed by atoms with E-state index in [0.29, 0.717) is 5.92 Å². The first-order valence-electron chi connectivity index (χ1n) is 6.85. The lowest BCUT2D eigenvalue weighted by Gasteiger charge is -2.34. The van der Waals surface area contributed by atoms with Crippen LogP contribution >= 0.6 is 0 Å². The molecule has 0 amide bonds. The molecular formula is C15H27NO. The van der Waals surface area contributed by atoms with Gasteiger partial charge in [-0.25, -0.2) is 4.99 Å². The summed E-state index contributed by atoms with van der Waals surface area (Å²) in [7, 11) is 0. The van der Waals surface area contributed by atoms with Crippen molar-refractivity contribution in [1.29, 1.82) is 0 Å². The molecule has 2 atom stereocenters. The normalized spacial score (nSPS) is 24.7. The van der Waals surface area contributed by atoms with Crippen molar-refractivity contribution in [3.63, 3.8) is 0 Å². The van der Waals surface area contributed by atoms with Crippen molar-refractivity contribution < 1.29 is 4.74 Å². The first-order valence-corrected chi connectivity index (χ1v) is 6.85.